The molecule has 0 spiro atoms. The highest BCUT2D eigenvalue weighted by Gasteiger charge is 2.32. The lowest BCUT2D eigenvalue weighted by Crippen LogP contribution is -2.26. The number of rotatable bonds is 4. The van der Waals surface area contributed by atoms with Crippen molar-refractivity contribution in [1.82, 2.24) is 0 Å². The highest BCUT2D eigenvalue weighted by Crippen LogP contribution is 2.35. The average Bonchev–Trinajstić information content (AvgIpc) is 2.66. The van der Waals surface area contributed by atoms with Crippen LogP contribution >= 0.6 is 0 Å². The van der Waals surface area contributed by atoms with Crippen LogP contribution in [0.2, 0.25) is 0 Å². The van der Waals surface area contributed by atoms with Gasteiger partial charge in [-0.3, -0.25) is 4.79 Å². The Morgan fingerprint density at radius 1 is 0.960 bits per heavy atom. The van der Waals surface area contributed by atoms with Crippen LogP contribution < -0.4 is 0 Å². The fourth-order valence-electron chi connectivity index (χ4n) is 3.71. The van der Waals surface area contributed by atoms with Gasteiger partial charge in [-0.2, -0.15) is 0 Å². The molecule has 1 aliphatic carbocycles. The molecule has 0 N–H and O–H groups in total. The van der Waals surface area contributed by atoms with Crippen molar-refractivity contribution in [3.63, 3.8) is 0 Å². The molecule has 2 nitrogen and oxygen atoms in total. The molecule has 0 radical (unpaired) electrons. The number of carbonyl (C=O) groups is 1. The maximum Gasteiger partial charge on any atom is 0.164 e. The molecule has 0 saturated heterocycles. The Labute approximate surface area is 150 Å². The summed E-state index contributed by atoms with van der Waals surface area (Å²) in [5.41, 5.74) is 3.12. The van der Waals surface area contributed by atoms with Gasteiger partial charge in [-0.1, -0.05) is 73.5 Å². The van der Waals surface area contributed by atoms with E-state index in [1.807, 2.05) is 36.4 Å². The molecule has 3 rings (SSSR count). The maximum atomic E-state index is 13.3. The first-order valence-electron chi connectivity index (χ1n) is 9.17. The van der Waals surface area contributed by atoms with E-state index in [0.29, 0.717) is 0 Å². The third-order valence-corrected chi connectivity index (χ3v) is 5.00. The van der Waals surface area contributed by atoms with Crippen LogP contribution in [0.5, 0.6) is 0 Å². The fraction of sp³-hybridized carbons (Fsp3) is 0.348. The predicted octanol–water partition coefficient (Wildman–Crippen LogP) is 5.61. The molecule has 0 heterocycles. The number of hydrogen-bond donors (Lipinski definition) is 0. The van der Waals surface area contributed by atoms with Crippen molar-refractivity contribution in [2.24, 2.45) is 5.92 Å². The zero-order valence-corrected chi connectivity index (χ0v) is 14.9. The van der Waals surface area contributed by atoms with Crippen molar-refractivity contribution in [3.05, 3.63) is 77.4 Å². The minimum absolute atomic E-state index is 0.109. The lowest BCUT2D eigenvalue weighted by atomic mass is 9.80. The van der Waals surface area contributed by atoms with E-state index in [0.717, 1.165) is 42.4 Å². The van der Waals surface area contributed by atoms with Crippen LogP contribution in [-0.2, 0) is 9.53 Å². The Kier molecular flexibility index (Phi) is 6.19. The van der Waals surface area contributed by atoms with E-state index >= 15 is 0 Å². The number of ether oxygens (including phenoxy) is 1. The van der Waals surface area contributed by atoms with E-state index < -0.39 is 0 Å². The largest absolute Gasteiger partial charge is 0.376 e. The van der Waals surface area contributed by atoms with Crippen LogP contribution in [0.15, 0.2) is 66.2 Å². The van der Waals surface area contributed by atoms with E-state index in [-0.39, 0.29) is 17.8 Å². The Morgan fingerprint density at radius 3 is 2.32 bits per heavy atom. The first kappa shape index (κ1) is 17.6. The SMILES string of the molecule is COC(c1ccccc1)C1CCCCCC(=Cc2ccccc2)C1=O. The van der Waals surface area contributed by atoms with Gasteiger partial charge in [0, 0.05) is 7.11 Å². The smallest absolute Gasteiger partial charge is 0.164 e. The molecule has 1 fully saturated rings. The average molecular weight is 334 g/mol. The summed E-state index contributed by atoms with van der Waals surface area (Å²) in [6.45, 7) is 0. The Balaban J connectivity index is 1.91. The molecular weight excluding hydrogens is 308 g/mol. The molecule has 1 saturated carbocycles. The predicted molar refractivity (Wildman–Crippen MR) is 102 cm³/mol. The second kappa shape index (κ2) is 8.77. The lowest BCUT2D eigenvalue weighted by Gasteiger charge is -2.28. The minimum atomic E-state index is -0.175. The Bertz CT molecular complexity index is 703. The van der Waals surface area contributed by atoms with Gasteiger partial charge < -0.3 is 4.74 Å². The van der Waals surface area contributed by atoms with Crippen LogP contribution in [0.25, 0.3) is 6.08 Å². The summed E-state index contributed by atoms with van der Waals surface area (Å²) >= 11 is 0. The summed E-state index contributed by atoms with van der Waals surface area (Å²) in [6, 6.07) is 20.3. The number of allylic oxidation sites excluding steroid dienone is 1. The summed E-state index contributed by atoms with van der Waals surface area (Å²) in [6.07, 6.45) is 6.97. The summed E-state index contributed by atoms with van der Waals surface area (Å²) in [4.78, 5) is 13.3. The molecule has 0 amide bonds. The van der Waals surface area contributed by atoms with E-state index in [2.05, 4.69) is 30.3 Å². The third kappa shape index (κ3) is 4.46. The first-order chi connectivity index (χ1) is 12.3. The lowest BCUT2D eigenvalue weighted by molar-refractivity contribution is -0.124. The Hall–Kier alpha value is -2.19. The molecule has 25 heavy (non-hydrogen) atoms. The molecule has 2 aromatic rings. The van der Waals surface area contributed by atoms with Crippen LogP contribution in [0, 0.1) is 5.92 Å². The quantitative estimate of drug-likeness (QED) is 0.680. The second-order valence-electron chi connectivity index (χ2n) is 6.72. The van der Waals surface area contributed by atoms with Gasteiger partial charge in [-0.15, -0.1) is 0 Å². The zero-order chi connectivity index (χ0) is 17.5. The van der Waals surface area contributed by atoms with Gasteiger partial charge in [0.25, 0.3) is 0 Å². The molecule has 130 valence electrons. The molecule has 1 aliphatic rings. The van der Waals surface area contributed by atoms with Gasteiger partial charge in [-0.25, -0.2) is 0 Å². The number of hydrogen-bond acceptors (Lipinski definition) is 2. The van der Waals surface area contributed by atoms with Crippen molar-refractivity contribution in [2.75, 3.05) is 7.11 Å². The highest BCUT2D eigenvalue weighted by atomic mass is 16.5. The summed E-state index contributed by atoms with van der Waals surface area (Å²) in [7, 11) is 1.71. The number of benzene rings is 2. The topological polar surface area (TPSA) is 26.3 Å². The van der Waals surface area contributed by atoms with Gasteiger partial charge in [0.15, 0.2) is 5.78 Å². The maximum absolute atomic E-state index is 13.3. The molecule has 2 atom stereocenters. The van der Waals surface area contributed by atoms with E-state index in [1.54, 1.807) is 7.11 Å². The molecule has 0 aliphatic heterocycles. The van der Waals surface area contributed by atoms with Gasteiger partial charge in [0.05, 0.1) is 12.0 Å². The van der Waals surface area contributed by atoms with Gasteiger partial charge >= 0.3 is 0 Å². The van der Waals surface area contributed by atoms with E-state index in [9.17, 15) is 4.79 Å². The van der Waals surface area contributed by atoms with Crippen molar-refractivity contribution >= 4 is 11.9 Å². The number of carbonyl (C=O) groups excluding carboxylic acids is 1. The first-order valence-corrected chi connectivity index (χ1v) is 9.17. The normalized spacial score (nSPS) is 21.6. The molecule has 2 heteroatoms. The molecule has 0 bridgehead atoms. The number of Topliss-reactive ketones (excluding diaryl/α,β-unsaturated/α-hetero) is 1. The van der Waals surface area contributed by atoms with Gasteiger partial charge in [-0.05, 0) is 42.0 Å². The van der Waals surface area contributed by atoms with Crippen molar-refractivity contribution in [1.29, 1.82) is 0 Å². The molecule has 0 aromatic heterocycles. The van der Waals surface area contributed by atoms with Crippen LogP contribution in [0.3, 0.4) is 0 Å². The highest BCUT2D eigenvalue weighted by molar-refractivity contribution is 6.01. The second-order valence-corrected chi connectivity index (χ2v) is 6.72. The number of methoxy groups -OCH3 is 1. The minimum Gasteiger partial charge on any atom is -0.376 e. The van der Waals surface area contributed by atoms with E-state index in [1.165, 1.54) is 6.42 Å². The van der Waals surface area contributed by atoms with Crippen molar-refractivity contribution < 1.29 is 9.53 Å². The molecule has 2 unspecified atom stereocenters. The fourth-order valence-corrected chi connectivity index (χ4v) is 3.71. The monoisotopic (exact) mass is 334 g/mol. The Morgan fingerprint density at radius 2 is 1.64 bits per heavy atom. The van der Waals surface area contributed by atoms with Gasteiger partial charge in [0.1, 0.15) is 0 Å². The van der Waals surface area contributed by atoms with Crippen LogP contribution in [0.4, 0.5) is 0 Å². The molecule has 2 aromatic carbocycles. The van der Waals surface area contributed by atoms with Gasteiger partial charge in [0.2, 0.25) is 0 Å². The van der Waals surface area contributed by atoms with E-state index in [4.69, 9.17) is 4.74 Å². The summed E-state index contributed by atoms with van der Waals surface area (Å²) < 4.78 is 5.79. The summed E-state index contributed by atoms with van der Waals surface area (Å²) in [5.74, 6) is 0.141. The summed E-state index contributed by atoms with van der Waals surface area (Å²) in [5, 5.41) is 0. The van der Waals surface area contributed by atoms with Crippen molar-refractivity contribution in [2.45, 2.75) is 38.2 Å². The van der Waals surface area contributed by atoms with Crippen molar-refractivity contribution in [3.8, 4) is 0 Å². The third-order valence-electron chi connectivity index (χ3n) is 5.00. The zero-order valence-electron chi connectivity index (χ0n) is 14.9. The number of ketones is 1. The van der Waals surface area contributed by atoms with Crippen LogP contribution in [0.1, 0.15) is 49.3 Å². The van der Waals surface area contributed by atoms with Crippen LogP contribution in [-0.4, -0.2) is 12.9 Å². The standard InChI is InChI=1S/C23H26O2/c1-25-23(19-13-7-3-8-14-19)21-16-10-4-9-15-20(22(21)24)17-18-11-5-2-6-12-18/h2-3,5-8,11-14,17,21,23H,4,9-10,15-16H2,1H3. The molecular formula is C23H26O2.